The first-order valence-corrected chi connectivity index (χ1v) is 9.24. The van der Waals surface area contributed by atoms with Gasteiger partial charge in [-0.1, -0.05) is 20.8 Å². The number of amides is 2. The van der Waals surface area contributed by atoms with Crippen LogP contribution in [0.25, 0.3) is 0 Å². The van der Waals surface area contributed by atoms with E-state index in [1.807, 2.05) is 0 Å². The molecule has 26 heavy (non-hydrogen) atoms. The molecule has 6 nitrogen and oxygen atoms in total. The molecule has 1 aliphatic heterocycles. The van der Waals surface area contributed by atoms with Gasteiger partial charge in [0.1, 0.15) is 5.75 Å². The molecule has 1 aliphatic rings. The Hall–Kier alpha value is -2.08. The summed E-state index contributed by atoms with van der Waals surface area (Å²) in [6, 6.07) is 6.59. The zero-order chi connectivity index (χ0) is 19.2. The maximum Gasteiger partial charge on any atom is 0.415 e. The van der Waals surface area contributed by atoms with Gasteiger partial charge in [0.25, 0.3) is 5.91 Å². The number of likely N-dealkylation sites (tertiary alicyclic amines) is 1. The summed E-state index contributed by atoms with van der Waals surface area (Å²) in [4.78, 5) is 26.0. The number of ether oxygens (including phenoxy) is 1. The van der Waals surface area contributed by atoms with Gasteiger partial charge in [0.15, 0.2) is 0 Å². The second-order valence-corrected chi connectivity index (χ2v) is 8.07. The van der Waals surface area contributed by atoms with Crippen molar-refractivity contribution < 1.29 is 19.4 Å². The number of rotatable bonds is 5. The van der Waals surface area contributed by atoms with Crippen LogP contribution >= 0.6 is 0 Å². The standard InChI is InChI=1S/C20H30N2O4/c1-20(2,3)10-11-21-18(24)16-4-6-17(7-5-16)26-19(25)22-12-8-15(14-23)9-13-22/h4-7,15,23H,8-14H2,1-3H3,(H,21,24). The molecule has 6 heteroatoms. The fraction of sp³-hybridized carbons (Fsp3) is 0.600. The van der Waals surface area contributed by atoms with Crippen LogP contribution in [0.15, 0.2) is 24.3 Å². The molecule has 0 bridgehead atoms. The minimum atomic E-state index is -0.385. The molecule has 144 valence electrons. The lowest BCUT2D eigenvalue weighted by Gasteiger charge is -2.30. The van der Waals surface area contributed by atoms with Gasteiger partial charge in [0.05, 0.1) is 0 Å². The number of nitrogens with zero attached hydrogens (tertiary/aromatic N) is 1. The summed E-state index contributed by atoms with van der Waals surface area (Å²) in [5, 5.41) is 12.0. The molecule has 0 radical (unpaired) electrons. The summed E-state index contributed by atoms with van der Waals surface area (Å²) in [5.41, 5.74) is 0.722. The van der Waals surface area contributed by atoms with Crippen LogP contribution in [-0.2, 0) is 0 Å². The van der Waals surface area contributed by atoms with E-state index in [0.29, 0.717) is 30.9 Å². The van der Waals surface area contributed by atoms with Gasteiger partial charge < -0.3 is 20.1 Å². The van der Waals surface area contributed by atoms with Gasteiger partial charge in [-0.05, 0) is 54.9 Å². The molecule has 1 aromatic carbocycles. The summed E-state index contributed by atoms with van der Waals surface area (Å²) >= 11 is 0. The fourth-order valence-corrected chi connectivity index (χ4v) is 2.79. The minimum absolute atomic E-state index is 0.127. The lowest BCUT2D eigenvalue weighted by atomic mass is 9.92. The van der Waals surface area contributed by atoms with Crippen LogP contribution in [0.3, 0.4) is 0 Å². The SMILES string of the molecule is CC(C)(C)CCNC(=O)c1ccc(OC(=O)N2CCC(CO)CC2)cc1. The molecule has 2 rings (SSSR count). The highest BCUT2D eigenvalue weighted by atomic mass is 16.6. The zero-order valence-electron chi connectivity index (χ0n) is 16.0. The smallest absolute Gasteiger partial charge is 0.410 e. The van der Waals surface area contributed by atoms with Crippen LogP contribution in [0.2, 0.25) is 0 Å². The van der Waals surface area contributed by atoms with Crippen molar-refractivity contribution in [1.82, 2.24) is 10.2 Å². The van der Waals surface area contributed by atoms with Crippen molar-refractivity contribution in [3.8, 4) is 5.75 Å². The number of aliphatic hydroxyl groups is 1. The Kier molecular flexibility index (Phi) is 7.03. The molecule has 2 amide bonds. The van der Waals surface area contributed by atoms with Crippen molar-refractivity contribution in [1.29, 1.82) is 0 Å². The summed E-state index contributed by atoms with van der Waals surface area (Å²) in [5.74, 6) is 0.568. The summed E-state index contributed by atoms with van der Waals surface area (Å²) in [6.07, 6.45) is 2.10. The Morgan fingerprint density at radius 1 is 1.19 bits per heavy atom. The summed E-state index contributed by atoms with van der Waals surface area (Å²) in [7, 11) is 0. The van der Waals surface area contributed by atoms with Gasteiger partial charge in [-0.25, -0.2) is 4.79 Å². The van der Waals surface area contributed by atoms with E-state index in [-0.39, 0.29) is 29.9 Å². The predicted molar refractivity (Wildman–Crippen MR) is 100 cm³/mol. The molecule has 1 saturated heterocycles. The second kappa shape index (κ2) is 9.03. The van der Waals surface area contributed by atoms with E-state index in [0.717, 1.165) is 19.3 Å². The monoisotopic (exact) mass is 362 g/mol. The van der Waals surface area contributed by atoms with Crippen molar-refractivity contribution in [2.45, 2.75) is 40.0 Å². The predicted octanol–water partition coefficient (Wildman–Crippen LogP) is 3.06. The Morgan fingerprint density at radius 3 is 2.35 bits per heavy atom. The average molecular weight is 362 g/mol. The highest BCUT2D eigenvalue weighted by molar-refractivity contribution is 5.94. The minimum Gasteiger partial charge on any atom is -0.410 e. The van der Waals surface area contributed by atoms with Crippen LogP contribution < -0.4 is 10.1 Å². The molecule has 1 aromatic rings. The lowest BCUT2D eigenvalue weighted by molar-refractivity contribution is 0.0949. The van der Waals surface area contributed by atoms with Crippen LogP contribution in [0.5, 0.6) is 5.75 Å². The van der Waals surface area contributed by atoms with Gasteiger partial charge in [-0.15, -0.1) is 0 Å². The lowest BCUT2D eigenvalue weighted by Crippen LogP contribution is -2.40. The summed E-state index contributed by atoms with van der Waals surface area (Å²) in [6.45, 7) is 8.39. The number of benzene rings is 1. The topological polar surface area (TPSA) is 78.9 Å². The molecular formula is C20H30N2O4. The highest BCUT2D eigenvalue weighted by Crippen LogP contribution is 2.19. The van der Waals surface area contributed by atoms with Gasteiger partial charge in [-0.2, -0.15) is 0 Å². The Morgan fingerprint density at radius 2 is 1.81 bits per heavy atom. The molecule has 1 fully saturated rings. The van der Waals surface area contributed by atoms with Gasteiger partial charge in [-0.3, -0.25) is 4.79 Å². The molecule has 0 aliphatic carbocycles. The number of aliphatic hydroxyl groups excluding tert-OH is 1. The Bertz CT molecular complexity index is 599. The quantitative estimate of drug-likeness (QED) is 0.844. The molecule has 0 atom stereocenters. The van der Waals surface area contributed by atoms with E-state index >= 15 is 0 Å². The van der Waals surface area contributed by atoms with Crippen LogP contribution in [-0.4, -0.2) is 48.2 Å². The molecule has 2 N–H and O–H groups in total. The largest absolute Gasteiger partial charge is 0.415 e. The van der Waals surface area contributed by atoms with E-state index in [1.54, 1.807) is 29.2 Å². The van der Waals surface area contributed by atoms with E-state index in [9.17, 15) is 9.59 Å². The second-order valence-electron chi connectivity index (χ2n) is 8.07. The first kappa shape index (κ1) is 20.2. The van der Waals surface area contributed by atoms with E-state index < -0.39 is 0 Å². The number of nitrogens with one attached hydrogen (secondary N) is 1. The first-order chi connectivity index (χ1) is 12.3. The zero-order valence-corrected chi connectivity index (χ0v) is 16.0. The first-order valence-electron chi connectivity index (χ1n) is 9.24. The maximum atomic E-state index is 12.2. The van der Waals surface area contributed by atoms with Crippen molar-refractivity contribution in [3.63, 3.8) is 0 Å². The molecule has 0 saturated carbocycles. The molecular weight excluding hydrogens is 332 g/mol. The molecule has 0 spiro atoms. The van der Waals surface area contributed by atoms with Crippen LogP contribution in [0.4, 0.5) is 4.79 Å². The third-order valence-electron chi connectivity index (χ3n) is 4.61. The number of carbonyl (C=O) groups is 2. The van der Waals surface area contributed by atoms with Gasteiger partial charge in [0.2, 0.25) is 0 Å². The molecule has 1 heterocycles. The average Bonchev–Trinajstić information content (AvgIpc) is 2.61. The van der Waals surface area contributed by atoms with Crippen LogP contribution in [0, 0.1) is 11.3 Å². The van der Waals surface area contributed by atoms with E-state index in [1.165, 1.54) is 0 Å². The fourth-order valence-electron chi connectivity index (χ4n) is 2.79. The van der Waals surface area contributed by atoms with E-state index in [4.69, 9.17) is 9.84 Å². The van der Waals surface area contributed by atoms with Crippen molar-refractivity contribution in [2.24, 2.45) is 11.3 Å². The Labute approximate surface area is 155 Å². The van der Waals surface area contributed by atoms with Crippen molar-refractivity contribution in [3.05, 3.63) is 29.8 Å². The third-order valence-corrected chi connectivity index (χ3v) is 4.61. The summed E-state index contributed by atoms with van der Waals surface area (Å²) < 4.78 is 5.38. The van der Waals surface area contributed by atoms with Crippen molar-refractivity contribution in [2.75, 3.05) is 26.2 Å². The van der Waals surface area contributed by atoms with E-state index in [2.05, 4.69) is 26.1 Å². The highest BCUT2D eigenvalue weighted by Gasteiger charge is 2.23. The van der Waals surface area contributed by atoms with Crippen molar-refractivity contribution >= 4 is 12.0 Å². The number of hydrogen-bond donors (Lipinski definition) is 2. The van der Waals surface area contributed by atoms with Gasteiger partial charge in [0, 0.05) is 31.8 Å². The maximum absolute atomic E-state index is 12.2. The van der Waals surface area contributed by atoms with Crippen LogP contribution in [0.1, 0.15) is 50.4 Å². The van der Waals surface area contributed by atoms with Gasteiger partial charge >= 0.3 is 6.09 Å². The normalized spacial score (nSPS) is 15.6. The Balaban J connectivity index is 1.81. The number of carbonyl (C=O) groups excluding carboxylic acids is 2. The molecule has 0 unspecified atom stereocenters. The third kappa shape index (κ3) is 6.33. The molecule has 0 aromatic heterocycles. The number of hydrogen-bond acceptors (Lipinski definition) is 4. The number of piperidine rings is 1.